The molecule has 2 aromatic carbocycles. The number of hydrogen-bond donors (Lipinski definition) is 3. The zero-order chi connectivity index (χ0) is 13.2. The van der Waals surface area contributed by atoms with Crippen LogP contribution >= 0.6 is 8.38 Å². The average Bonchev–Trinajstić information content (AvgIpc) is 2.47. The van der Waals surface area contributed by atoms with E-state index in [2.05, 4.69) is 11.4 Å². The van der Waals surface area contributed by atoms with Crippen molar-refractivity contribution < 1.29 is 9.79 Å². The summed E-state index contributed by atoms with van der Waals surface area (Å²) in [6.07, 6.45) is 1.81. The molecule has 0 amide bonds. The van der Waals surface area contributed by atoms with Gasteiger partial charge in [0.25, 0.3) is 0 Å². The summed E-state index contributed by atoms with van der Waals surface area (Å²) in [6.45, 7) is 0. The molecule has 1 aliphatic heterocycles. The second-order valence-electron chi connectivity index (χ2n) is 4.44. The Bertz CT molecular complexity index is 611. The number of fused-ring (bicyclic) bond motifs is 1. The van der Waals surface area contributed by atoms with Crippen LogP contribution in [0, 0.1) is 0 Å². The molecule has 1 atom stereocenters. The van der Waals surface area contributed by atoms with Crippen molar-refractivity contribution in [1.29, 1.82) is 0 Å². The van der Waals surface area contributed by atoms with E-state index in [1.165, 1.54) is 0 Å². The third-order valence-electron chi connectivity index (χ3n) is 3.24. The minimum absolute atomic E-state index is 0.0401. The van der Waals surface area contributed by atoms with Crippen molar-refractivity contribution in [3.63, 3.8) is 0 Å². The topological polar surface area (TPSA) is 52.5 Å². The van der Waals surface area contributed by atoms with Crippen molar-refractivity contribution in [3.8, 4) is 0 Å². The van der Waals surface area contributed by atoms with E-state index in [1.54, 1.807) is 6.08 Å². The Morgan fingerprint density at radius 2 is 1.58 bits per heavy atom. The van der Waals surface area contributed by atoms with E-state index in [9.17, 15) is 9.79 Å². The molecule has 1 heterocycles. The molecule has 0 fully saturated rings. The maximum Gasteiger partial charge on any atom is 0.216 e. The molecule has 3 rings (SSSR count). The molecule has 4 heteroatoms. The molecular weight excluding hydrogens is 257 g/mol. The quantitative estimate of drug-likeness (QED) is 0.736. The smallest absolute Gasteiger partial charge is 0.216 e. The number of benzene rings is 2. The van der Waals surface area contributed by atoms with Crippen LogP contribution in [0.15, 0.2) is 60.0 Å². The standard InChI is InChI=1S/C15H14NO2P/c17-19(18)14-10-12-8-4-5-9-13(12)15(16-14)11-6-2-1-3-7-11/h1-10,15-18H. The molecule has 0 saturated heterocycles. The minimum Gasteiger partial charge on any atom is -0.370 e. The largest absolute Gasteiger partial charge is 0.370 e. The van der Waals surface area contributed by atoms with Crippen molar-refractivity contribution in [3.05, 3.63) is 76.7 Å². The summed E-state index contributed by atoms with van der Waals surface area (Å²) in [6, 6.07) is 18.0. The summed E-state index contributed by atoms with van der Waals surface area (Å²) in [7, 11) is -2.11. The first-order valence-corrected chi connectivity index (χ1v) is 7.30. The first-order valence-electron chi connectivity index (χ1n) is 6.06. The van der Waals surface area contributed by atoms with Crippen molar-refractivity contribution in [2.24, 2.45) is 0 Å². The Balaban J connectivity index is 2.10. The second kappa shape index (κ2) is 5.14. The summed E-state index contributed by atoms with van der Waals surface area (Å²) in [5.74, 6) is 0. The highest BCUT2D eigenvalue weighted by molar-refractivity contribution is 7.50. The molecule has 0 aromatic heterocycles. The van der Waals surface area contributed by atoms with Crippen LogP contribution < -0.4 is 5.32 Å². The fourth-order valence-electron chi connectivity index (χ4n) is 2.34. The molecular formula is C15H14NO2P. The van der Waals surface area contributed by atoms with Gasteiger partial charge in [-0.25, -0.2) is 0 Å². The maximum absolute atomic E-state index is 9.46. The maximum atomic E-state index is 9.46. The lowest BCUT2D eigenvalue weighted by Gasteiger charge is -2.28. The van der Waals surface area contributed by atoms with Gasteiger partial charge < -0.3 is 15.1 Å². The van der Waals surface area contributed by atoms with E-state index in [1.807, 2.05) is 48.5 Å². The van der Waals surface area contributed by atoms with Crippen LogP contribution in [0.5, 0.6) is 0 Å². The Labute approximate surface area is 113 Å². The van der Waals surface area contributed by atoms with Gasteiger partial charge >= 0.3 is 0 Å². The molecule has 0 bridgehead atoms. The van der Waals surface area contributed by atoms with E-state index < -0.39 is 8.38 Å². The molecule has 3 N–H and O–H groups in total. The van der Waals surface area contributed by atoms with Gasteiger partial charge in [0, 0.05) is 0 Å². The van der Waals surface area contributed by atoms with E-state index in [-0.39, 0.29) is 6.04 Å². The Morgan fingerprint density at radius 1 is 0.895 bits per heavy atom. The van der Waals surface area contributed by atoms with Crippen LogP contribution in [0.3, 0.4) is 0 Å². The van der Waals surface area contributed by atoms with Gasteiger partial charge in [-0.2, -0.15) is 0 Å². The van der Waals surface area contributed by atoms with Crippen molar-refractivity contribution in [1.82, 2.24) is 5.32 Å². The lowest BCUT2D eigenvalue weighted by Crippen LogP contribution is -2.25. The monoisotopic (exact) mass is 271 g/mol. The molecule has 0 radical (unpaired) electrons. The van der Waals surface area contributed by atoms with Crippen LogP contribution in [-0.4, -0.2) is 9.79 Å². The van der Waals surface area contributed by atoms with Crippen LogP contribution in [0.1, 0.15) is 22.7 Å². The first kappa shape index (κ1) is 12.4. The van der Waals surface area contributed by atoms with Gasteiger partial charge in [0.2, 0.25) is 8.38 Å². The van der Waals surface area contributed by atoms with Gasteiger partial charge in [-0.15, -0.1) is 0 Å². The molecule has 3 nitrogen and oxygen atoms in total. The summed E-state index contributed by atoms with van der Waals surface area (Å²) >= 11 is 0. The number of nitrogens with one attached hydrogen (secondary N) is 1. The Kier molecular flexibility index (Phi) is 3.34. The van der Waals surface area contributed by atoms with Crippen molar-refractivity contribution in [2.75, 3.05) is 0 Å². The van der Waals surface area contributed by atoms with E-state index in [0.717, 1.165) is 16.7 Å². The van der Waals surface area contributed by atoms with Gasteiger partial charge in [-0.05, 0) is 22.8 Å². The van der Waals surface area contributed by atoms with Crippen molar-refractivity contribution >= 4 is 14.5 Å². The molecule has 19 heavy (non-hydrogen) atoms. The highest BCUT2D eigenvalue weighted by atomic mass is 31.2. The molecule has 1 aliphatic rings. The second-order valence-corrected chi connectivity index (χ2v) is 5.50. The van der Waals surface area contributed by atoms with Gasteiger partial charge in [-0.1, -0.05) is 54.6 Å². The van der Waals surface area contributed by atoms with Crippen LogP contribution in [-0.2, 0) is 0 Å². The highest BCUT2D eigenvalue weighted by Crippen LogP contribution is 2.41. The molecule has 1 unspecified atom stereocenters. The minimum atomic E-state index is -2.11. The predicted molar refractivity (Wildman–Crippen MR) is 77.2 cm³/mol. The zero-order valence-corrected chi connectivity index (χ0v) is 11.1. The van der Waals surface area contributed by atoms with E-state index in [4.69, 9.17) is 0 Å². The predicted octanol–water partition coefficient (Wildman–Crippen LogP) is 2.97. The lowest BCUT2D eigenvalue weighted by atomic mass is 9.92. The SMILES string of the molecule is OP(O)C1=Cc2ccccc2C(c2ccccc2)N1. The van der Waals surface area contributed by atoms with Gasteiger partial charge in [0.05, 0.1) is 11.5 Å². The zero-order valence-electron chi connectivity index (χ0n) is 10.2. The average molecular weight is 271 g/mol. The Morgan fingerprint density at radius 3 is 2.32 bits per heavy atom. The Hall–Kier alpha value is -1.67. The van der Waals surface area contributed by atoms with E-state index in [0.29, 0.717) is 5.44 Å². The third-order valence-corrected chi connectivity index (χ3v) is 3.93. The van der Waals surface area contributed by atoms with Crippen LogP contribution in [0.25, 0.3) is 6.08 Å². The molecule has 0 spiro atoms. The molecule has 0 aliphatic carbocycles. The van der Waals surface area contributed by atoms with Crippen LogP contribution in [0.2, 0.25) is 0 Å². The summed E-state index contributed by atoms with van der Waals surface area (Å²) in [5.41, 5.74) is 3.77. The number of rotatable bonds is 2. The number of hydrogen-bond acceptors (Lipinski definition) is 3. The van der Waals surface area contributed by atoms with Gasteiger partial charge in [0.15, 0.2) is 0 Å². The first-order chi connectivity index (χ1) is 9.25. The van der Waals surface area contributed by atoms with Crippen molar-refractivity contribution in [2.45, 2.75) is 6.04 Å². The lowest BCUT2D eigenvalue weighted by molar-refractivity contribution is 0.484. The van der Waals surface area contributed by atoms with Gasteiger partial charge in [-0.3, -0.25) is 0 Å². The molecule has 0 saturated carbocycles. The normalized spacial score (nSPS) is 17.6. The summed E-state index contributed by atoms with van der Waals surface area (Å²) < 4.78 is 0. The van der Waals surface area contributed by atoms with E-state index >= 15 is 0 Å². The summed E-state index contributed by atoms with van der Waals surface area (Å²) in [5, 5.41) is 3.22. The fraction of sp³-hybridized carbons (Fsp3) is 0.0667. The fourth-order valence-corrected chi connectivity index (χ4v) is 2.84. The van der Waals surface area contributed by atoms with Gasteiger partial charge in [0.1, 0.15) is 0 Å². The molecule has 2 aromatic rings. The molecule has 96 valence electrons. The van der Waals surface area contributed by atoms with Crippen LogP contribution in [0.4, 0.5) is 0 Å². The highest BCUT2D eigenvalue weighted by Gasteiger charge is 2.24. The third kappa shape index (κ3) is 2.41. The summed E-state index contributed by atoms with van der Waals surface area (Å²) in [4.78, 5) is 18.9.